The van der Waals surface area contributed by atoms with Crippen molar-refractivity contribution in [1.82, 2.24) is 0 Å². The lowest BCUT2D eigenvalue weighted by Crippen LogP contribution is -1.81. The molecular formula is C3H7NS2. The first-order chi connectivity index (χ1) is 2.77. The Morgan fingerprint density at radius 2 is 2.00 bits per heavy atom. The van der Waals surface area contributed by atoms with Gasteiger partial charge in [-0.1, -0.05) is 0 Å². The summed E-state index contributed by atoms with van der Waals surface area (Å²) in [4.78, 5) is 0. The normalized spacial score (nSPS) is 11.2. The van der Waals surface area contributed by atoms with Crippen LogP contribution in [0.4, 0.5) is 0 Å². The fourth-order valence-corrected chi connectivity index (χ4v) is 0.298. The molecule has 0 aromatic rings. The number of rotatable bonds is 1. The summed E-state index contributed by atoms with van der Waals surface area (Å²) in [5.74, 6) is 0. The zero-order valence-corrected chi connectivity index (χ0v) is 4.99. The summed E-state index contributed by atoms with van der Waals surface area (Å²) < 4.78 is -0.0185. The highest BCUT2D eigenvalue weighted by Gasteiger charge is 1.78. The molecule has 0 aliphatic heterocycles. The van der Waals surface area contributed by atoms with Gasteiger partial charge in [-0.25, -0.2) is 0 Å². The second-order valence-electron chi connectivity index (χ2n) is 0.799. The average molecular weight is 121 g/mol. The van der Waals surface area contributed by atoms with Crippen molar-refractivity contribution in [3.63, 3.8) is 0 Å². The molecule has 0 radical (unpaired) electrons. The van der Waals surface area contributed by atoms with E-state index >= 15 is 0 Å². The van der Waals surface area contributed by atoms with Crippen molar-refractivity contribution in [3.8, 4) is 0 Å². The number of thiol groups is 2. The Labute approximate surface area is 48.4 Å². The van der Waals surface area contributed by atoms with Crippen LogP contribution in [0, 0.1) is 0 Å². The predicted molar refractivity (Wildman–Crippen MR) is 35.1 cm³/mol. The van der Waals surface area contributed by atoms with Crippen molar-refractivity contribution >= 4 is 25.3 Å². The van der Waals surface area contributed by atoms with Crippen molar-refractivity contribution in [2.24, 2.45) is 5.73 Å². The van der Waals surface area contributed by atoms with Crippen LogP contribution in [0.1, 0.15) is 0 Å². The van der Waals surface area contributed by atoms with Gasteiger partial charge in [-0.3, -0.25) is 0 Å². The first-order valence-corrected chi connectivity index (χ1v) is 2.55. The van der Waals surface area contributed by atoms with Gasteiger partial charge in [-0.05, 0) is 12.3 Å². The molecule has 1 nitrogen and oxygen atoms in total. The zero-order chi connectivity index (χ0) is 4.99. The fourth-order valence-electron chi connectivity index (χ4n) is 0.0994. The summed E-state index contributed by atoms with van der Waals surface area (Å²) in [6.07, 6.45) is 3.09. The topological polar surface area (TPSA) is 26.0 Å². The van der Waals surface area contributed by atoms with Crippen LogP contribution in [0.25, 0.3) is 0 Å². The molecule has 0 aromatic heterocycles. The first kappa shape index (κ1) is 6.24. The quantitative estimate of drug-likeness (QED) is 0.344. The number of nitrogens with two attached hydrogens (primary N) is 1. The van der Waals surface area contributed by atoms with E-state index in [1.54, 1.807) is 6.08 Å². The average Bonchev–Trinajstić information content (AvgIpc) is 1.35. The van der Waals surface area contributed by atoms with E-state index in [0.29, 0.717) is 0 Å². The fraction of sp³-hybridized carbons (Fsp3) is 0.333. The van der Waals surface area contributed by atoms with Gasteiger partial charge in [-0.15, -0.1) is 0 Å². The predicted octanol–water partition coefficient (Wildman–Crippen LogP) is 0.644. The van der Waals surface area contributed by atoms with Gasteiger partial charge in [0, 0.05) is 0 Å². The van der Waals surface area contributed by atoms with Crippen LogP contribution in [0.2, 0.25) is 0 Å². The monoisotopic (exact) mass is 121 g/mol. The largest absolute Gasteiger partial charge is 0.405 e. The van der Waals surface area contributed by atoms with Crippen LogP contribution in [-0.4, -0.2) is 4.58 Å². The van der Waals surface area contributed by atoms with Gasteiger partial charge in [0.05, 0.1) is 4.58 Å². The lowest BCUT2D eigenvalue weighted by molar-refractivity contribution is 1.53. The molecule has 0 atom stereocenters. The van der Waals surface area contributed by atoms with Crippen LogP contribution in [0.3, 0.4) is 0 Å². The lowest BCUT2D eigenvalue weighted by Gasteiger charge is -1.85. The van der Waals surface area contributed by atoms with Crippen LogP contribution in [0.15, 0.2) is 12.3 Å². The summed E-state index contributed by atoms with van der Waals surface area (Å²) in [6.45, 7) is 0. The van der Waals surface area contributed by atoms with E-state index in [0.717, 1.165) is 0 Å². The Morgan fingerprint density at radius 3 is 2.00 bits per heavy atom. The minimum absolute atomic E-state index is 0.0185. The molecule has 0 fully saturated rings. The third kappa shape index (κ3) is 4.24. The van der Waals surface area contributed by atoms with Gasteiger partial charge in [0.1, 0.15) is 0 Å². The Hall–Kier alpha value is 0.240. The molecule has 36 valence electrons. The van der Waals surface area contributed by atoms with Gasteiger partial charge in [0.2, 0.25) is 0 Å². The van der Waals surface area contributed by atoms with Crippen molar-refractivity contribution < 1.29 is 0 Å². The minimum atomic E-state index is -0.0185. The Kier molecular flexibility index (Phi) is 3.57. The second kappa shape index (κ2) is 3.43. The highest BCUT2D eigenvalue weighted by atomic mass is 32.2. The zero-order valence-electron chi connectivity index (χ0n) is 3.20. The highest BCUT2D eigenvalue weighted by molar-refractivity contribution is 7.99. The molecule has 0 rings (SSSR count). The molecule has 0 heterocycles. The smallest absolute Gasteiger partial charge is 0.0639 e. The van der Waals surface area contributed by atoms with E-state index in [9.17, 15) is 0 Å². The number of hydrogen-bond donors (Lipinski definition) is 3. The molecule has 3 heteroatoms. The van der Waals surface area contributed by atoms with Gasteiger partial charge in [0.15, 0.2) is 0 Å². The third-order valence-electron chi connectivity index (χ3n) is 0.283. The van der Waals surface area contributed by atoms with Crippen molar-refractivity contribution in [1.29, 1.82) is 0 Å². The Bertz CT molecular complexity index is 50.8. The maximum atomic E-state index is 4.95. The van der Waals surface area contributed by atoms with Crippen molar-refractivity contribution in [3.05, 3.63) is 12.3 Å². The van der Waals surface area contributed by atoms with Crippen LogP contribution < -0.4 is 5.73 Å². The van der Waals surface area contributed by atoms with Gasteiger partial charge >= 0.3 is 0 Å². The minimum Gasteiger partial charge on any atom is -0.405 e. The van der Waals surface area contributed by atoms with E-state index in [1.807, 2.05) is 0 Å². The molecule has 0 aliphatic rings. The van der Waals surface area contributed by atoms with Crippen LogP contribution in [-0.2, 0) is 0 Å². The van der Waals surface area contributed by atoms with E-state index in [-0.39, 0.29) is 4.58 Å². The summed E-state index contributed by atoms with van der Waals surface area (Å²) in [6, 6.07) is 0. The maximum absolute atomic E-state index is 4.95. The van der Waals surface area contributed by atoms with E-state index in [2.05, 4.69) is 25.3 Å². The first-order valence-electron chi connectivity index (χ1n) is 1.52. The Balaban J connectivity index is 3.03. The van der Waals surface area contributed by atoms with Gasteiger partial charge in [0.25, 0.3) is 0 Å². The van der Waals surface area contributed by atoms with Crippen molar-refractivity contribution in [2.75, 3.05) is 0 Å². The Morgan fingerprint density at radius 1 is 1.50 bits per heavy atom. The molecule has 0 aliphatic carbocycles. The maximum Gasteiger partial charge on any atom is 0.0639 e. The number of hydrogen-bond acceptors (Lipinski definition) is 3. The second-order valence-corrected chi connectivity index (χ2v) is 2.32. The summed E-state index contributed by atoms with van der Waals surface area (Å²) in [7, 11) is 0. The molecular weight excluding hydrogens is 114 g/mol. The third-order valence-corrected chi connectivity index (χ3v) is 0.628. The SMILES string of the molecule is NC=CC(S)S. The van der Waals surface area contributed by atoms with Crippen molar-refractivity contribution in [2.45, 2.75) is 4.58 Å². The van der Waals surface area contributed by atoms with Crippen LogP contribution >= 0.6 is 25.3 Å². The van der Waals surface area contributed by atoms with E-state index < -0.39 is 0 Å². The standard InChI is InChI=1S/C3H7NS2/c4-2-1-3(5)6/h1-3,5-6H,4H2. The van der Waals surface area contributed by atoms with Gasteiger partial charge < -0.3 is 5.73 Å². The molecule has 2 N–H and O–H groups in total. The molecule has 0 amide bonds. The molecule has 0 spiro atoms. The molecule has 0 bridgehead atoms. The highest BCUT2D eigenvalue weighted by Crippen LogP contribution is 1.98. The molecule has 0 saturated heterocycles. The van der Waals surface area contributed by atoms with Gasteiger partial charge in [-0.2, -0.15) is 25.3 Å². The lowest BCUT2D eigenvalue weighted by atomic mass is 10.7. The van der Waals surface area contributed by atoms with E-state index in [4.69, 9.17) is 5.73 Å². The van der Waals surface area contributed by atoms with E-state index in [1.165, 1.54) is 6.20 Å². The summed E-state index contributed by atoms with van der Waals surface area (Å²) in [5.41, 5.74) is 4.95. The van der Waals surface area contributed by atoms with Crippen LogP contribution in [0.5, 0.6) is 0 Å². The molecule has 0 unspecified atom stereocenters. The molecule has 6 heavy (non-hydrogen) atoms. The molecule has 0 aromatic carbocycles. The molecule has 0 saturated carbocycles. The summed E-state index contributed by atoms with van der Waals surface area (Å²) >= 11 is 7.75. The summed E-state index contributed by atoms with van der Waals surface area (Å²) in [5, 5.41) is 0.